The monoisotopic (exact) mass is 285 g/mol. The van der Waals surface area contributed by atoms with E-state index in [1.54, 1.807) is 0 Å². The van der Waals surface area contributed by atoms with Crippen molar-refractivity contribution in [1.82, 2.24) is 16.0 Å². The van der Waals surface area contributed by atoms with E-state index in [1.807, 2.05) is 20.8 Å². The number of hydrogen-bond acceptors (Lipinski definition) is 4. The van der Waals surface area contributed by atoms with E-state index in [0.29, 0.717) is 18.6 Å². The molecule has 1 heterocycles. The highest BCUT2D eigenvalue weighted by molar-refractivity contribution is 5.67. The quantitative estimate of drug-likeness (QED) is 0.699. The molecule has 0 aromatic rings. The van der Waals surface area contributed by atoms with Crippen molar-refractivity contribution in [2.24, 2.45) is 0 Å². The third kappa shape index (κ3) is 7.70. The van der Waals surface area contributed by atoms with E-state index < -0.39 is 5.60 Å². The van der Waals surface area contributed by atoms with E-state index in [2.05, 4.69) is 22.9 Å². The van der Waals surface area contributed by atoms with Crippen molar-refractivity contribution in [2.75, 3.05) is 19.6 Å². The van der Waals surface area contributed by atoms with E-state index in [-0.39, 0.29) is 6.09 Å². The molecule has 20 heavy (non-hydrogen) atoms. The lowest BCUT2D eigenvalue weighted by atomic mass is 10.0. The van der Waals surface area contributed by atoms with Gasteiger partial charge in [-0.05, 0) is 53.1 Å². The second kappa shape index (κ2) is 8.47. The molecule has 0 spiro atoms. The molecule has 0 aliphatic carbocycles. The molecule has 118 valence electrons. The van der Waals surface area contributed by atoms with E-state index in [9.17, 15) is 4.79 Å². The molecular formula is C15H31N3O2. The fourth-order valence-electron chi connectivity index (χ4n) is 2.44. The second-order valence-electron chi connectivity index (χ2n) is 6.56. The van der Waals surface area contributed by atoms with Crippen LogP contribution in [0.15, 0.2) is 0 Å². The Bertz CT molecular complexity index is 283. The van der Waals surface area contributed by atoms with Gasteiger partial charge in [0.05, 0.1) is 0 Å². The van der Waals surface area contributed by atoms with Gasteiger partial charge in [-0.2, -0.15) is 0 Å². The summed E-state index contributed by atoms with van der Waals surface area (Å²) in [5.74, 6) is 0. The summed E-state index contributed by atoms with van der Waals surface area (Å²) in [7, 11) is 0. The van der Waals surface area contributed by atoms with Crippen molar-refractivity contribution in [3.05, 3.63) is 0 Å². The van der Waals surface area contributed by atoms with Crippen molar-refractivity contribution < 1.29 is 9.53 Å². The van der Waals surface area contributed by atoms with Gasteiger partial charge in [0.2, 0.25) is 0 Å². The van der Waals surface area contributed by atoms with Gasteiger partial charge >= 0.3 is 6.09 Å². The normalized spacial score (nSPS) is 18.6. The SMILES string of the molecule is CCCC(CNC(=O)OC(C)(C)C)NC1CCNCC1. The lowest BCUT2D eigenvalue weighted by Gasteiger charge is -2.29. The van der Waals surface area contributed by atoms with Crippen molar-refractivity contribution in [2.45, 2.75) is 71.1 Å². The van der Waals surface area contributed by atoms with Crippen LogP contribution in [0.1, 0.15) is 53.4 Å². The predicted molar refractivity (Wildman–Crippen MR) is 82.0 cm³/mol. The maximum Gasteiger partial charge on any atom is 0.407 e. The molecule has 1 rings (SSSR count). The van der Waals surface area contributed by atoms with Gasteiger partial charge in [0.25, 0.3) is 0 Å². The maximum atomic E-state index is 11.7. The molecule has 0 bridgehead atoms. The van der Waals surface area contributed by atoms with Gasteiger partial charge in [0.1, 0.15) is 5.60 Å². The van der Waals surface area contributed by atoms with Crippen LogP contribution < -0.4 is 16.0 Å². The minimum Gasteiger partial charge on any atom is -0.444 e. The molecule has 5 heteroatoms. The van der Waals surface area contributed by atoms with Crippen LogP contribution in [0, 0.1) is 0 Å². The van der Waals surface area contributed by atoms with Crippen molar-refractivity contribution in [3.63, 3.8) is 0 Å². The summed E-state index contributed by atoms with van der Waals surface area (Å²) in [5.41, 5.74) is -0.438. The largest absolute Gasteiger partial charge is 0.444 e. The van der Waals surface area contributed by atoms with Crippen molar-refractivity contribution >= 4 is 6.09 Å². The number of rotatable bonds is 6. The van der Waals surface area contributed by atoms with Crippen LogP contribution >= 0.6 is 0 Å². The predicted octanol–water partition coefficient (Wildman–Crippen LogP) is 2.02. The summed E-state index contributed by atoms with van der Waals surface area (Å²) >= 11 is 0. The van der Waals surface area contributed by atoms with Gasteiger partial charge in [-0.25, -0.2) is 4.79 Å². The number of alkyl carbamates (subject to hydrolysis) is 1. The van der Waals surface area contributed by atoms with Crippen LogP contribution in [0.3, 0.4) is 0 Å². The molecule has 1 atom stereocenters. The number of carbonyl (C=O) groups excluding carboxylic acids is 1. The highest BCUT2D eigenvalue weighted by Crippen LogP contribution is 2.08. The van der Waals surface area contributed by atoms with Crippen LogP contribution in [0.2, 0.25) is 0 Å². The number of hydrogen-bond donors (Lipinski definition) is 3. The molecule has 1 amide bonds. The van der Waals surface area contributed by atoms with Crippen molar-refractivity contribution in [1.29, 1.82) is 0 Å². The van der Waals surface area contributed by atoms with Gasteiger partial charge < -0.3 is 20.7 Å². The molecule has 1 fully saturated rings. The zero-order valence-corrected chi connectivity index (χ0v) is 13.4. The summed E-state index contributed by atoms with van der Waals surface area (Å²) in [4.78, 5) is 11.7. The van der Waals surface area contributed by atoms with E-state index in [4.69, 9.17) is 4.74 Å². The highest BCUT2D eigenvalue weighted by atomic mass is 16.6. The molecule has 0 aromatic carbocycles. The molecule has 1 saturated heterocycles. The molecule has 0 saturated carbocycles. The number of piperidine rings is 1. The Hall–Kier alpha value is -0.810. The first-order chi connectivity index (χ1) is 9.40. The molecule has 3 N–H and O–H groups in total. The number of nitrogens with one attached hydrogen (secondary N) is 3. The van der Waals surface area contributed by atoms with Crippen LogP contribution in [0.4, 0.5) is 4.79 Å². The smallest absolute Gasteiger partial charge is 0.407 e. The summed E-state index contributed by atoms with van der Waals surface area (Å²) in [6.07, 6.45) is 4.17. The first kappa shape index (κ1) is 17.2. The number of ether oxygens (including phenoxy) is 1. The first-order valence-corrected chi connectivity index (χ1v) is 7.84. The van der Waals surface area contributed by atoms with Gasteiger partial charge in [0.15, 0.2) is 0 Å². The Morgan fingerprint density at radius 2 is 2.00 bits per heavy atom. The molecule has 1 aliphatic rings. The maximum absolute atomic E-state index is 11.7. The van der Waals surface area contributed by atoms with E-state index in [0.717, 1.165) is 38.8 Å². The summed E-state index contributed by atoms with van der Waals surface area (Å²) in [6, 6.07) is 0.892. The number of amides is 1. The Labute approximate surface area is 123 Å². The zero-order valence-electron chi connectivity index (χ0n) is 13.4. The standard InChI is InChI=1S/C15H31N3O2/c1-5-6-13(18-12-7-9-16-10-8-12)11-17-14(19)20-15(2,3)4/h12-13,16,18H,5-11H2,1-4H3,(H,17,19). The van der Waals surface area contributed by atoms with E-state index in [1.165, 1.54) is 0 Å². The van der Waals surface area contributed by atoms with Gasteiger partial charge in [0, 0.05) is 18.6 Å². The summed E-state index contributed by atoms with van der Waals surface area (Å²) in [6.45, 7) is 10.6. The fraction of sp³-hybridized carbons (Fsp3) is 0.933. The van der Waals surface area contributed by atoms with Crippen LogP contribution in [-0.2, 0) is 4.74 Å². The Morgan fingerprint density at radius 1 is 1.35 bits per heavy atom. The summed E-state index contributed by atoms with van der Waals surface area (Å²) in [5, 5.41) is 9.91. The average Bonchev–Trinajstić information content (AvgIpc) is 2.35. The first-order valence-electron chi connectivity index (χ1n) is 7.84. The highest BCUT2D eigenvalue weighted by Gasteiger charge is 2.20. The third-order valence-electron chi connectivity index (χ3n) is 3.34. The van der Waals surface area contributed by atoms with Crippen LogP contribution in [-0.4, -0.2) is 43.4 Å². The Balaban J connectivity index is 2.32. The third-order valence-corrected chi connectivity index (χ3v) is 3.34. The molecule has 1 unspecified atom stereocenters. The molecule has 5 nitrogen and oxygen atoms in total. The van der Waals surface area contributed by atoms with Crippen LogP contribution in [0.5, 0.6) is 0 Å². The summed E-state index contributed by atoms with van der Waals surface area (Å²) < 4.78 is 5.27. The number of carbonyl (C=O) groups is 1. The van der Waals surface area contributed by atoms with Crippen molar-refractivity contribution in [3.8, 4) is 0 Å². The van der Waals surface area contributed by atoms with Gasteiger partial charge in [-0.1, -0.05) is 13.3 Å². The minimum absolute atomic E-state index is 0.328. The topological polar surface area (TPSA) is 62.4 Å². The molecule has 0 aromatic heterocycles. The minimum atomic E-state index is -0.438. The lowest BCUT2D eigenvalue weighted by molar-refractivity contribution is 0.0520. The van der Waals surface area contributed by atoms with Gasteiger partial charge in [-0.15, -0.1) is 0 Å². The van der Waals surface area contributed by atoms with Crippen LogP contribution in [0.25, 0.3) is 0 Å². The lowest BCUT2D eigenvalue weighted by Crippen LogP contribution is -2.49. The fourth-order valence-corrected chi connectivity index (χ4v) is 2.44. The van der Waals surface area contributed by atoms with E-state index >= 15 is 0 Å². The van der Waals surface area contributed by atoms with Gasteiger partial charge in [-0.3, -0.25) is 0 Å². The molecule has 0 radical (unpaired) electrons. The molecule has 1 aliphatic heterocycles. The Morgan fingerprint density at radius 3 is 2.55 bits per heavy atom. The molecular weight excluding hydrogens is 254 g/mol. The Kier molecular flexibility index (Phi) is 7.30. The average molecular weight is 285 g/mol. The zero-order chi connectivity index (χ0) is 15.0. The second-order valence-corrected chi connectivity index (χ2v) is 6.56.